The number of cyclic esters (lactones) is 1. The summed E-state index contributed by atoms with van der Waals surface area (Å²) in [5.41, 5.74) is 3.03. The van der Waals surface area contributed by atoms with Gasteiger partial charge in [0.25, 0.3) is 0 Å². The molecule has 0 unspecified atom stereocenters. The Labute approximate surface area is 152 Å². The molecule has 0 fully saturated rings. The van der Waals surface area contributed by atoms with Gasteiger partial charge in [-0.3, -0.25) is 0 Å². The predicted molar refractivity (Wildman–Crippen MR) is 95.6 cm³/mol. The summed E-state index contributed by atoms with van der Waals surface area (Å²) in [7, 11) is -3.79. The van der Waals surface area contributed by atoms with Gasteiger partial charge in [0.05, 0.1) is 4.90 Å². The fourth-order valence-electron chi connectivity index (χ4n) is 2.89. The topological polar surface area (TPSA) is 86.5 Å². The smallest absolute Gasteiger partial charge is 0.349 e. The van der Waals surface area contributed by atoms with Crippen molar-refractivity contribution in [3.8, 4) is 21.6 Å². The summed E-state index contributed by atoms with van der Waals surface area (Å²) < 4.78 is 41.3. The average Bonchev–Trinajstić information content (AvgIpc) is 3.15. The van der Waals surface area contributed by atoms with Gasteiger partial charge in [-0.2, -0.15) is 0 Å². The van der Waals surface area contributed by atoms with Crippen molar-refractivity contribution in [3.05, 3.63) is 64.8 Å². The molecule has 1 aliphatic heterocycles. The first-order valence-corrected chi connectivity index (χ1v) is 9.93. The summed E-state index contributed by atoms with van der Waals surface area (Å²) in [4.78, 5) is 13.3. The van der Waals surface area contributed by atoms with E-state index in [0.29, 0.717) is 4.88 Å². The normalized spacial score (nSPS) is 13.5. The number of benzene rings is 2. The molecule has 5 nitrogen and oxygen atoms in total. The number of ether oxygens (including phenoxy) is 1. The molecular formula is C18H12FNO4S2. The van der Waals surface area contributed by atoms with Crippen molar-refractivity contribution in [2.24, 2.45) is 5.14 Å². The summed E-state index contributed by atoms with van der Waals surface area (Å²) in [6.45, 7) is 0.151. The molecule has 0 amide bonds. The van der Waals surface area contributed by atoms with Crippen molar-refractivity contribution in [2.75, 3.05) is 0 Å². The number of thiophene rings is 1. The number of nitrogens with two attached hydrogens (primary N) is 1. The van der Waals surface area contributed by atoms with E-state index in [4.69, 9.17) is 9.88 Å². The SMILES string of the molecule is NS(=O)(=O)c1ccc(-c2c(-c3ccc(F)cc3)sc3c2COC3=O)cc1. The zero-order chi connectivity index (χ0) is 18.5. The molecule has 0 saturated heterocycles. The molecule has 2 N–H and O–H groups in total. The van der Waals surface area contributed by atoms with E-state index in [1.807, 2.05) is 0 Å². The van der Waals surface area contributed by atoms with Gasteiger partial charge in [0.15, 0.2) is 0 Å². The summed E-state index contributed by atoms with van der Waals surface area (Å²) in [6, 6.07) is 12.1. The minimum Gasteiger partial charge on any atom is -0.457 e. The molecule has 2 aromatic carbocycles. The zero-order valence-electron chi connectivity index (χ0n) is 13.2. The largest absolute Gasteiger partial charge is 0.457 e. The van der Waals surface area contributed by atoms with Crippen LogP contribution in [0.2, 0.25) is 0 Å². The first-order valence-electron chi connectivity index (χ1n) is 7.56. The number of hydrogen-bond acceptors (Lipinski definition) is 5. The second kappa shape index (κ2) is 6.01. The lowest BCUT2D eigenvalue weighted by Gasteiger charge is -2.08. The Morgan fingerprint density at radius 2 is 1.58 bits per heavy atom. The van der Waals surface area contributed by atoms with Crippen molar-refractivity contribution in [1.29, 1.82) is 0 Å². The molecule has 3 aromatic rings. The average molecular weight is 389 g/mol. The molecule has 1 aliphatic rings. The first-order chi connectivity index (χ1) is 12.3. The van der Waals surface area contributed by atoms with Crippen molar-refractivity contribution in [2.45, 2.75) is 11.5 Å². The highest BCUT2D eigenvalue weighted by Gasteiger charge is 2.31. The van der Waals surface area contributed by atoms with Crippen LogP contribution in [-0.2, 0) is 21.4 Å². The Morgan fingerprint density at radius 3 is 2.19 bits per heavy atom. The van der Waals surface area contributed by atoms with Crippen molar-refractivity contribution >= 4 is 27.3 Å². The van der Waals surface area contributed by atoms with Crippen molar-refractivity contribution < 1.29 is 22.3 Å². The van der Waals surface area contributed by atoms with Crippen LogP contribution in [-0.4, -0.2) is 14.4 Å². The van der Waals surface area contributed by atoms with Gasteiger partial charge in [0.2, 0.25) is 10.0 Å². The maximum atomic E-state index is 13.3. The fourth-order valence-corrected chi connectivity index (χ4v) is 4.64. The molecule has 0 spiro atoms. The number of hydrogen-bond donors (Lipinski definition) is 1. The number of halogens is 1. The van der Waals surface area contributed by atoms with Gasteiger partial charge in [-0.05, 0) is 35.4 Å². The van der Waals surface area contributed by atoms with Gasteiger partial charge in [-0.1, -0.05) is 24.3 Å². The Kier molecular flexibility index (Phi) is 3.91. The molecule has 1 aromatic heterocycles. The molecule has 4 rings (SSSR count). The summed E-state index contributed by atoms with van der Waals surface area (Å²) in [5, 5.41) is 5.14. The van der Waals surface area contributed by atoms with Crippen LogP contribution >= 0.6 is 11.3 Å². The highest BCUT2D eigenvalue weighted by molar-refractivity contribution is 7.89. The zero-order valence-corrected chi connectivity index (χ0v) is 14.9. The van der Waals surface area contributed by atoms with Crippen LogP contribution in [0.1, 0.15) is 15.2 Å². The Balaban J connectivity index is 1.91. The molecule has 0 atom stereocenters. The Hall–Kier alpha value is -2.55. The molecule has 0 aliphatic carbocycles. The highest BCUT2D eigenvalue weighted by Crippen LogP contribution is 2.46. The van der Waals surface area contributed by atoms with Crippen molar-refractivity contribution in [3.63, 3.8) is 0 Å². The van der Waals surface area contributed by atoms with Gasteiger partial charge >= 0.3 is 5.97 Å². The van der Waals surface area contributed by atoms with E-state index >= 15 is 0 Å². The highest BCUT2D eigenvalue weighted by atomic mass is 32.2. The van der Waals surface area contributed by atoms with Crippen LogP contribution in [0.3, 0.4) is 0 Å². The quantitative estimate of drug-likeness (QED) is 0.694. The molecular weight excluding hydrogens is 377 g/mol. The lowest BCUT2D eigenvalue weighted by Crippen LogP contribution is -2.11. The van der Waals surface area contributed by atoms with Crippen LogP contribution < -0.4 is 5.14 Å². The molecule has 2 heterocycles. The van der Waals surface area contributed by atoms with E-state index in [-0.39, 0.29) is 23.3 Å². The third-order valence-electron chi connectivity index (χ3n) is 4.12. The van der Waals surface area contributed by atoms with E-state index in [1.54, 1.807) is 24.3 Å². The van der Waals surface area contributed by atoms with E-state index < -0.39 is 10.0 Å². The molecule has 0 saturated carbocycles. The molecule has 26 heavy (non-hydrogen) atoms. The maximum Gasteiger partial charge on any atom is 0.349 e. The standard InChI is InChI=1S/C18H12FNO4S2/c19-12-5-1-11(2-6-12)16-15(14-9-24-18(21)17(14)25-16)10-3-7-13(8-4-10)26(20,22)23/h1-8H,9H2,(H2,20,22,23). The predicted octanol–water partition coefficient (Wildman–Crippen LogP) is 3.54. The lowest BCUT2D eigenvalue weighted by atomic mass is 9.98. The molecule has 8 heteroatoms. The third-order valence-corrected chi connectivity index (χ3v) is 6.31. The first kappa shape index (κ1) is 16.9. The minimum atomic E-state index is -3.79. The second-order valence-electron chi connectivity index (χ2n) is 5.77. The number of esters is 1. The van der Waals surface area contributed by atoms with Crippen LogP contribution in [0.25, 0.3) is 21.6 Å². The van der Waals surface area contributed by atoms with Gasteiger partial charge in [-0.15, -0.1) is 11.3 Å². The van der Waals surface area contributed by atoms with Crippen LogP contribution in [0.5, 0.6) is 0 Å². The molecule has 0 bridgehead atoms. The van der Waals surface area contributed by atoms with E-state index in [1.165, 1.54) is 35.6 Å². The summed E-state index contributed by atoms with van der Waals surface area (Å²) in [5.74, 6) is -0.739. The monoisotopic (exact) mass is 389 g/mol. The van der Waals surface area contributed by atoms with E-state index in [2.05, 4.69) is 0 Å². The number of rotatable bonds is 3. The van der Waals surface area contributed by atoms with Crippen LogP contribution in [0.4, 0.5) is 4.39 Å². The minimum absolute atomic E-state index is 0.00350. The number of carbonyl (C=O) groups is 1. The number of carbonyl (C=O) groups excluding carboxylic acids is 1. The van der Waals surface area contributed by atoms with Crippen LogP contribution in [0, 0.1) is 5.82 Å². The van der Waals surface area contributed by atoms with Crippen LogP contribution in [0.15, 0.2) is 53.4 Å². The van der Waals surface area contributed by atoms with Gasteiger partial charge in [-0.25, -0.2) is 22.7 Å². The van der Waals surface area contributed by atoms with Crippen molar-refractivity contribution in [1.82, 2.24) is 0 Å². The number of fused-ring (bicyclic) bond motifs is 1. The van der Waals surface area contributed by atoms with Gasteiger partial charge < -0.3 is 4.74 Å². The second-order valence-corrected chi connectivity index (χ2v) is 8.35. The lowest BCUT2D eigenvalue weighted by molar-refractivity contribution is 0.0538. The summed E-state index contributed by atoms with van der Waals surface area (Å²) in [6.07, 6.45) is 0. The Bertz CT molecular complexity index is 1120. The maximum absolute atomic E-state index is 13.3. The van der Waals surface area contributed by atoms with E-state index in [9.17, 15) is 17.6 Å². The Morgan fingerprint density at radius 1 is 0.962 bits per heavy atom. The number of primary sulfonamides is 1. The molecule has 132 valence electrons. The summed E-state index contributed by atoms with van der Waals surface area (Å²) >= 11 is 1.28. The molecule has 0 radical (unpaired) electrons. The third kappa shape index (κ3) is 2.82. The van der Waals surface area contributed by atoms with Gasteiger partial charge in [0.1, 0.15) is 17.3 Å². The number of sulfonamides is 1. The fraction of sp³-hybridized carbons (Fsp3) is 0.0556. The van der Waals surface area contributed by atoms with E-state index in [0.717, 1.165) is 27.1 Å². The van der Waals surface area contributed by atoms with Gasteiger partial charge in [0, 0.05) is 16.0 Å².